The van der Waals surface area contributed by atoms with Crippen molar-refractivity contribution in [1.82, 2.24) is 0 Å². The van der Waals surface area contributed by atoms with Crippen LogP contribution in [0.25, 0.3) is 0 Å². The Balaban J connectivity index is 0.00000106. The molecule has 0 fully saturated rings. The smallest absolute Gasteiger partial charge is 0.400 e. The molecule has 0 unspecified atom stereocenters. The van der Waals surface area contributed by atoms with Crippen LogP contribution in [0.15, 0.2) is 24.3 Å². The molecule has 0 aromatic heterocycles. The van der Waals surface area contributed by atoms with E-state index in [1.807, 2.05) is 24.3 Å². The summed E-state index contributed by atoms with van der Waals surface area (Å²) in [5.41, 5.74) is 6.35. The highest BCUT2D eigenvalue weighted by Crippen LogP contribution is 2.09. The van der Waals surface area contributed by atoms with Gasteiger partial charge in [-0.15, -0.1) is 0 Å². The van der Waals surface area contributed by atoms with Gasteiger partial charge >= 0.3 is 8.80 Å². The maximum atomic E-state index is 7.00. The predicted molar refractivity (Wildman–Crippen MR) is 65.4 cm³/mol. The summed E-state index contributed by atoms with van der Waals surface area (Å²) in [6, 6.07) is 7.36. The molecule has 5 nitrogen and oxygen atoms in total. The number of nitrogen functional groups attached to an aromatic ring is 1. The fourth-order valence-electron chi connectivity index (χ4n) is 1.33. The molecule has 0 aliphatic rings. The summed E-state index contributed by atoms with van der Waals surface area (Å²) < 4.78 is 15.9. The molecule has 0 aliphatic carbocycles. The molecule has 16 heavy (non-hydrogen) atoms. The van der Waals surface area contributed by atoms with Crippen molar-refractivity contribution in [2.75, 3.05) is 34.2 Å². The first-order chi connectivity index (χ1) is 7.68. The van der Waals surface area contributed by atoms with E-state index in [0.29, 0.717) is 5.69 Å². The molecule has 0 atom stereocenters. The van der Waals surface area contributed by atoms with Crippen LogP contribution >= 0.6 is 0 Å². The molecule has 0 amide bonds. The SMILES string of the molecule is CO.CO[Si](OC)(OC)c1cccc(N)c1. The fourth-order valence-corrected chi connectivity index (χ4v) is 3.18. The maximum Gasteiger partial charge on any atom is 0.536 e. The fraction of sp³-hybridized carbons (Fsp3) is 0.400. The Kier molecular flexibility index (Phi) is 6.94. The summed E-state index contributed by atoms with van der Waals surface area (Å²) in [6.07, 6.45) is 0. The van der Waals surface area contributed by atoms with E-state index in [2.05, 4.69) is 0 Å². The zero-order valence-corrected chi connectivity index (χ0v) is 11.1. The molecule has 0 spiro atoms. The minimum absolute atomic E-state index is 0.672. The van der Waals surface area contributed by atoms with Gasteiger partial charge in [-0.05, 0) is 12.1 Å². The molecule has 0 bridgehead atoms. The second-order valence-electron chi connectivity index (χ2n) is 2.79. The summed E-state index contributed by atoms with van der Waals surface area (Å²) >= 11 is 0. The van der Waals surface area contributed by atoms with E-state index in [9.17, 15) is 0 Å². The van der Waals surface area contributed by atoms with E-state index in [4.69, 9.17) is 24.1 Å². The summed E-state index contributed by atoms with van der Waals surface area (Å²) in [4.78, 5) is 0. The lowest BCUT2D eigenvalue weighted by molar-refractivity contribution is 0.140. The number of nitrogens with two attached hydrogens (primary N) is 1. The third-order valence-corrected chi connectivity index (χ3v) is 4.68. The van der Waals surface area contributed by atoms with Gasteiger partial charge in [-0.1, -0.05) is 12.1 Å². The Morgan fingerprint density at radius 1 is 1.06 bits per heavy atom. The highest BCUT2D eigenvalue weighted by molar-refractivity contribution is 6.75. The van der Waals surface area contributed by atoms with Gasteiger partial charge < -0.3 is 24.1 Å². The zero-order chi connectivity index (χ0) is 12.6. The van der Waals surface area contributed by atoms with Gasteiger partial charge in [-0.3, -0.25) is 0 Å². The third-order valence-electron chi connectivity index (χ3n) is 2.05. The summed E-state index contributed by atoms with van der Waals surface area (Å²) in [7, 11) is 3.01. The normalized spacial score (nSPS) is 10.6. The van der Waals surface area contributed by atoms with Crippen LogP contribution in [0.1, 0.15) is 0 Å². The van der Waals surface area contributed by atoms with E-state index >= 15 is 0 Å². The number of aliphatic hydroxyl groups is 1. The second kappa shape index (κ2) is 7.37. The van der Waals surface area contributed by atoms with Crippen LogP contribution in [-0.2, 0) is 13.3 Å². The Morgan fingerprint density at radius 2 is 1.56 bits per heavy atom. The molecule has 0 saturated carbocycles. The third kappa shape index (κ3) is 3.29. The largest absolute Gasteiger partial charge is 0.536 e. The van der Waals surface area contributed by atoms with Gasteiger partial charge in [0.15, 0.2) is 0 Å². The van der Waals surface area contributed by atoms with Crippen LogP contribution in [0.2, 0.25) is 0 Å². The van der Waals surface area contributed by atoms with Gasteiger partial charge in [0.25, 0.3) is 0 Å². The molecule has 0 aliphatic heterocycles. The number of aliphatic hydroxyl groups excluding tert-OH is 1. The topological polar surface area (TPSA) is 73.9 Å². The molecule has 0 heterocycles. The lowest BCUT2D eigenvalue weighted by Gasteiger charge is -2.24. The maximum absolute atomic E-state index is 7.00. The number of hydrogen-bond donors (Lipinski definition) is 2. The quantitative estimate of drug-likeness (QED) is 0.575. The van der Waals surface area contributed by atoms with Crippen LogP contribution < -0.4 is 10.9 Å². The first kappa shape index (κ1) is 15.1. The number of benzene rings is 1. The van der Waals surface area contributed by atoms with Crippen molar-refractivity contribution in [3.8, 4) is 0 Å². The molecular formula is C10H19NO4Si. The van der Waals surface area contributed by atoms with E-state index in [1.165, 1.54) is 0 Å². The minimum atomic E-state index is -2.70. The van der Waals surface area contributed by atoms with Gasteiger partial charge in [0.05, 0.1) is 0 Å². The second-order valence-corrected chi connectivity index (χ2v) is 5.71. The molecular weight excluding hydrogens is 226 g/mol. The highest BCUT2D eigenvalue weighted by atomic mass is 28.4. The minimum Gasteiger partial charge on any atom is -0.400 e. The molecule has 92 valence electrons. The van der Waals surface area contributed by atoms with Gasteiger partial charge in [-0.25, -0.2) is 0 Å². The van der Waals surface area contributed by atoms with Gasteiger partial charge in [-0.2, -0.15) is 0 Å². The predicted octanol–water partition coefficient (Wildman–Crippen LogP) is -0.0376. The molecule has 1 aromatic carbocycles. The van der Waals surface area contributed by atoms with Gasteiger partial charge in [0.1, 0.15) is 0 Å². The molecule has 3 N–H and O–H groups in total. The summed E-state index contributed by atoms with van der Waals surface area (Å²) in [5, 5.41) is 7.87. The molecule has 6 heteroatoms. The van der Waals surface area contributed by atoms with Crippen molar-refractivity contribution in [2.24, 2.45) is 0 Å². The highest BCUT2D eigenvalue weighted by Gasteiger charge is 2.40. The van der Waals surface area contributed by atoms with E-state index in [-0.39, 0.29) is 0 Å². The Morgan fingerprint density at radius 3 is 1.94 bits per heavy atom. The van der Waals surface area contributed by atoms with Crippen LogP contribution in [0.5, 0.6) is 0 Å². The molecule has 0 radical (unpaired) electrons. The van der Waals surface area contributed by atoms with Crippen molar-refractivity contribution in [2.45, 2.75) is 0 Å². The van der Waals surface area contributed by atoms with Crippen LogP contribution in [0.3, 0.4) is 0 Å². The Labute approximate surface area is 97.1 Å². The Hall–Kier alpha value is -0.923. The van der Waals surface area contributed by atoms with E-state index < -0.39 is 8.80 Å². The number of rotatable bonds is 4. The van der Waals surface area contributed by atoms with Crippen molar-refractivity contribution < 1.29 is 18.4 Å². The number of hydrogen-bond acceptors (Lipinski definition) is 5. The van der Waals surface area contributed by atoms with E-state index in [0.717, 1.165) is 12.3 Å². The lowest BCUT2D eigenvalue weighted by Crippen LogP contribution is -2.54. The van der Waals surface area contributed by atoms with Crippen molar-refractivity contribution in [3.05, 3.63) is 24.3 Å². The van der Waals surface area contributed by atoms with Gasteiger partial charge in [0.2, 0.25) is 0 Å². The van der Waals surface area contributed by atoms with Gasteiger partial charge in [0, 0.05) is 39.3 Å². The van der Waals surface area contributed by atoms with Crippen LogP contribution in [-0.4, -0.2) is 42.4 Å². The monoisotopic (exact) mass is 245 g/mol. The van der Waals surface area contributed by atoms with Crippen molar-refractivity contribution in [1.29, 1.82) is 0 Å². The average Bonchev–Trinajstić information content (AvgIpc) is 2.35. The van der Waals surface area contributed by atoms with Crippen LogP contribution in [0, 0.1) is 0 Å². The molecule has 1 aromatic rings. The van der Waals surface area contributed by atoms with Crippen molar-refractivity contribution >= 4 is 19.7 Å². The standard InChI is InChI=1S/C9H15NO3Si.CH4O/c1-11-14(12-2,13-3)9-6-4-5-8(10)7-9;1-2/h4-7H,10H2,1-3H3;2H,1H3. The molecule has 1 rings (SSSR count). The first-order valence-electron chi connectivity index (χ1n) is 4.64. The lowest BCUT2D eigenvalue weighted by atomic mass is 10.3. The first-order valence-corrected chi connectivity index (χ1v) is 6.37. The molecule has 0 saturated heterocycles. The zero-order valence-electron chi connectivity index (χ0n) is 10.1. The Bertz CT molecular complexity index is 296. The van der Waals surface area contributed by atoms with Crippen molar-refractivity contribution in [3.63, 3.8) is 0 Å². The summed E-state index contributed by atoms with van der Waals surface area (Å²) in [6.45, 7) is 0. The number of anilines is 1. The van der Waals surface area contributed by atoms with Crippen LogP contribution in [0.4, 0.5) is 5.69 Å². The van der Waals surface area contributed by atoms with E-state index in [1.54, 1.807) is 21.3 Å². The summed E-state index contributed by atoms with van der Waals surface area (Å²) in [5.74, 6) is 0. The average molecular weight is 245 g/mol.